The smallest absolute Gasteiger partial charge is 0.194 e. The minimum Gasteiger partial charge on any atom is -0.372 e. The Hall–Kier alpha value is -2.54. The van der Waals surface area contributed by atoms with Gasteiger partial charge in [-0.15, -0.1) is 0 Å². The van der Waals surface area contributed by atoms with Crippen LogP contribution >= 0.6 is 0 Å². The molecule has 0 atom stereocenters. The van der Waals surface area contributed by atoms with Gasteiger partial charge >= 0.3 is 0 Å². The number of aromatic nitrogens is 1. The number of benzene rings is 1. The second-order valence-electron chi connectivity index (χ2n) is 7.26. The van der Waals surface area contributed by atoms with Crippen LogP contribution in [0.4, 0.5) is 5.69 Å². The fourth-order valence-electron chi connectivity index (χ4n) is 3.65. The molecule has 7 nitrogen and oxygen atoms in total. The van der Waals surface area contributed by atoms with Crippen molar-refractivity contribution in [2.75, 3.05) is 57.3 Å². The van der Waals surface area contributed by atoms with Crippen molar-refractivity contribution in [3.63, 3.8) is 0 Å². The number of hydrogen-bond acceptors (Lipinski definition) is 5. The molecule has 0 aliphatic carbocycles. The third-order valence-corrected chi connectivity index (χ3v) is 5.23. The molecule has 0 saturated carbocycles. The SMILES string of the molecule is CCNC(=NCCCN(CC)c1ccccc1)N1CCN(Cc2ccon2)CC1. The lowest BCUT2D eigenvalue weighted by Gasteiger charge is -2.36. The van der Waals surface area contributed by atoms with Gasteiger partial charge in [0.05, 0.1) is 5.69 Å². The number of para-hydroxylation sites is 1. The predicted molar refractivity (Wildman–Crippen MR) is 118 cm³/mol. The number of hydrogen-bond donors (Lipinski definition) is 1. The van der Waals surface area contributed by atoms with Crippen molar-refractivity contribution >= 4 is 11.6 Å². The summed E-state index contributed by atoms with van der Waals surface area (Å²) in [7, 11) is 0. The van der Waals surface area contributed by atoms with E-state index in [1.54, 1.807) is 6.26 Å². The zero-order valence-corrected chi connectivity index (χ0v) is 17.8. The minimum atomic E-state index is 0.838. The summed E-state index contributed by atoms with van der Waals surface area (Å²) in [6, 6.07) is 12.6. The Kier molecular flexibility index (Phi) is 8.37. The van der Waals surface area contributed by atoms with Crippen LogP contribution < -0.4 is 10.2 Å². The van der Waals surface area contributed by atoms with Gasteiger partial charge in [-0.3, -0.25) is 9.89 Å². The standard InChI is InChI=1S/C22H34N6O/c1-3-23-22(24-12-8-13-27(4-2)21-9-6-5-7-10-21)28-16-14-26(15-17-28)19-20-11-18-29-25-20/h5-7,9-11,18H,3-4,8,12-17,19H2,1-2H3,(H,23,24). The Balaban J connectivity index is 1.46. The lowest BCUT2D eigenvalue weighted by Crippen LogP contribution is -2.52. The van der Waals surface area contributed by atoms with E-state index < -0.39 is 0 Å². The molecule has 29 heavy (non-hydrogen) atoms. The van der Waals surface area contributed by atoms with E-state index in [-0.39, 0.29) is 0 Å². The number of piperazine rings is 1. The third kappa shape index (κ3) is 6.49. The fraction of sp³-hybridized carbons (Fsp3) is 0.545. The van der Waals surface area contributed by atoms with Crippen molar-refractivity contribution in [1.29, 1.82) is 0 Å². The van der Waals surface area contributed by atoms with Gasteiger partial charge < -0.3 is 19.6 Å². The van der Waals surface area contributed by atoms with Crippen LogP contribution in [0.1, 0.15) is 26.0 Å². The van der Waals surface area contributed by atoms with Gasteiger partial charge in [-0.1, -0.05) is 23.4 Å². The summed E-state index contributed by atoms with van der Waals surface area (Å²) in [5.74, 6) is 1.04. The molecular weight excluding hydrogens is 364 g/mol. The molecule has 3 rings (SSSR count). The number of nitrogens with one attached hydrogen (secondary N) is 1. The summed E-state index contributed by atoms with van der Waals surface area (Å²) in [6.45, 7) is 12.9. The lowest BCUT2D eigenvalue weighted by atomic mass is 10.2. The summed E-state index contributed by atoms with van der Waals surface area (Å²) < 4.78 is 4.94. The van der Waals surface area contributed by atoms with Crippen LogP contribution in [0.15, 0.2) is 52.2 Å². The van der Waals surface area contributed by atoms with Crippen LogP contribution in [0, 0.1) is 0 Å². The van der Waals surface area contributed by atoms with E-state index in [0.29, 0.717) is 0 Å². The van der Waals surface area contributed by atoms with Gasteiger partial charge in [0, 0.05) is 70.7 Å². The molecule has 1 aliphatic rings. The molecule has 1 aromatic heterocycles. The summed E-state index contributed by atoms with van der Waals surface area (Å²) in [6.07, 6.45) is 2.68. The first-order valence-electron chi connectivity index (χ1n) is 10.7. The van der Waals surface area contributed by atoms with E-state index >= 15 is 0 Å². The van der Waals surface area contributed by atoms with E-state index in [1.807, 2.05) is 6.07 Å². The molecule has 0 radical (unpaired) electrons. The highest BCUT2D eigenvalue weighted by Gasteiger charge is 2.20. The minimum absolute atomic E-state index is 0.838. The summed E-state index contributed by atoms with van der Waals surface area (Å²) in [5, 5.41) is 7.48. The molecule has 1 N–H and O–H groups in total. The maximum Gasteiger partial charge on any atom is 0.194 e. The molecule has 158 valence electrons. The van der Waals surface area contributed by atoms with Crippen LogP contribution in [-0.4, -0.2) is 73.3 Å². The zero-order chi connectivity index (χ0) is 20.3. The largest absolute Gasteiger partial charge is 0.372 e. The number of aliphatic imine (C=N–C) groups is 1. The van der Waals surface area contributed by atoms with Crippen molar-refractivity contribution in [2.45, 2.75) is 26.8 Å². The Morgan fingerprint density at radius 1 is 1.14 bits per heavy atom. The average molecular weight is 399 g/mol. The topological polar surface area (TPSA) is 60.1 Å². The van der Waals surface area contributed by atoms with Crippen LogP contribution in [0.3, 0.4) is 0 Å². The third-order valence-electron chi connectivity index (χ3n) is 5.23. The van der Waals surface area contributed by atoms with Gasteiger partial charge in [-0.05, 0) is 32.4 Å². The van der Waals surface area contributed by atoms with Crippen molar-refractivity contribution in [3.05, 3.63) is 48.4 Å². The maximum atomic E-state index is 4.94. The molecule has 1 aliphatic heterocycles. The molecular formula is C22H34N6O. The summed E-state index contributed by atoms with van der Waals surface area (Å²) in [5.41, 5.74) is 2.28. The summed E-state index contributed by atoms with van der Waals surface area (Å²) >= 11 is 0. The van der Waals surface area contributed by atoms with Crippen molar-refractivity contribution in [3.8, 4) is 0 Å². The highest BCUT2D eigenvalue weighted by Crippen LogP contribution is 2.13. The second kappa shape index (κ2) is 11.5. The summed E-state index contributed by atoms with van der Waals surface area (Å²) in [4.78, 5) is 12.1. The van der Waals surface area contributed by atoms with Gasteiger partial charge in [-0.25, -0.2) is 0 Å². The van der Waals surface area contributed by atoms with Gasteiger partial charge in [0.1, 0.15) is 6.26 Å². The van der Waals surface area contributed by atoms with E-state index in [1.165, 1.54) is 5.69 Å². The molecule has 7 heteroatoms. The molecule has 1 saturated heterocycles. The van der Waals surface area contributed by atoms with E-state index in [2.05, 4.69) is 69.4 Å². The van der Waals surface area contributed by atoms with Crippen LogP contribution in [0.2, 0.25) is 0 Å². The number of anilines is 1. The molecule has 2 heterocycles. The molecule has 0 unspecified atom stereocenters. The van der Waals surface area contributed by atoms with Crippen molar-refractivity contribution < 1.29 is 4.52 Å². The highest BCUT2D eigenvalue weighted by molar-refractivity contribution is 5.80. The van der Waals surface area contributed by atoms with Crippen molar-refractivity contribution in [1.82, 2.24) is 20.3 Å². The van der Waals surface area contributed by atoms with Gasteiger partial charge in [-0.2, -0.15) is 0 Å². The monoisotopic (exact) mass is 398 g/mol. The van der Waals surface area contributed by atoms with Crippen LogP contribution in [0.25, 0.3) is 0 Å². The molecule has 0 spiro atoms. The molecule has 0 amide bonds. The Labute approximate surface area is 174 Å². The maximum absolute atomic E-state index is 4.94. The first-order valence-corrected chi connectivity index (χ1v) is 10.7. The molecule has 2 aromatic rings. The van der Waals surface area contributed by atoms with Gasteiger partial charge in [0.15, 0.2) is 5.96 Å². The Morgan fingerprint density at radius 2 is 1.93 bits per heavy atom. The fourth-order valence-corrected chi connectivity index (χ4v) is 3.65. The highest BCUT2D eigenvalue weighted by atomic mass is 16.5. The number of rotatable bonds is 9. The molecule has 1 aromatic carbocycles. The zero-order valence-electron chi connectivity index (χ0n) is 17.8. The van der Waals surface area contributed by atoms with Gasteiger partial charge in [0.2, 0.25) is 0 Å². The first kappa shape index (κ1) is 21.2. The normalized spacial score (nSPS) is 15.5. The Morgan fingerprint density at radius 3 is 2.59 bits per heavy atom. The van der Waals surface area contributed by atoms with E-state index in [0.717, 1.165) is 77.0 Å². The Bertz CT molecular complexity index is 710. The number of guanidine groups is 1. The quantitative estimate of drug-likeness (QED) is 0.398. The number of nitrogens with zero attached hydrogens (tertiary/aromatic N) is 5. The van der Waals surface area contributed by atoms with Crippen LogP contribution in [0.5, 0.6) is 0 Å². The van der Waals surface area contributed by atoms with Gasteiger partial charge in [0.25, 0.3) is 0 Å². The molecule has 0 bridgehead atoms. The molecule has 1 fully saturated rings. The lowest BCUT2D eigenvalue weighted by molar-refractivity contribution is 0.169. The van der Waals surface area contributed by atoms with Crippen molar-refractivity contribution in [2.24, 2.45) is 4.99 Å². The van der Waals surface area contributed by atoms with E-state index in [9.17, 15) is 0 Å². The van der Waals surface area contributed by atoms with E-state index in [4.69, 9.17) is 9.52 Å². The second-order valence-corrected chi connectivity index (χ2v) is 7.26. The van der Waals surface area contributed by atoms with Crippen LogP contribution in [-0.2, 0) is 6.54 Å². The first-order chi connectivity index (χ1) is 14.3. The average Bonchev–Trinajstić information content (AvgIpc) is 3.27. The predicted octanol–water partition coefficient (Wildman–Crippen LogP) is 2.67.